The summed E-state index contributed by atoms with van der Waals surface area (Å²) in [5.74, 6) is 0.470. The van der Waals surface area contributed by atoms with Gasteiger partial charge in [0.25, 0.3) is 0 Å². The summed E-state index contributed by atoms with van der Waals surface area (Å²) in [4.78, 5) is 4.08. The first-order valence-corrected chi connectivity index (χ1v) is 6.69. The molecule has 0 aliphatic heterocycles. The molecule has 0 spiro atoms. The maximum absolute atomic E-state index is 10.8. The van der Waals surface area contributed by atoms with Crippen LogP contribution in [-0.2, 0) is 10.0 Å². The molecule has 1 heterocycles. The number of rotatable bonds is 5. The summed E-state index contributed by atoms with van der Waals surface area (Å²) in [6.45, 7) is 2.67. The molecule has 0 atom stereocenters. The van der Waals surface area contributed by atoms with Gasteiger partial charge in [0.15, 0.2) is 0 Å². The average molecular weight is 244 g/mol. The normalized spacial score (nSPS) is 11.4. The molecule has 1 rings (SSSR count). The molecule has 0 aromatic carbocycles. The summed E-state index contributed by atoms with van der Waals surface area (Å²) in [7, 11) is -3.12. The first kappa shape index (κ1) is 12.7. The molecule has 6 nitrogen and oxygen atoms in total. The van der Waals surface area contributed by atoms with Crippen molar-refractivity contribution in [2.24, 2.45) is 0 Å². The van der Waals surface area contributed by atoms with Gasteiger partial charge in [-0.1, -0.05) is 0 Å². The Kier molecular flexibility index (Phi) is 4.08. The van der Waals surface area contributed by atoms with Crippen LogP contribution in [0.25, 0.3) is 0 Å². The van der Waals surface area contributed by atoms with E-state index in [9.17, 15) is 8.42 Å². The molecule has 1 aromatic rings. The Labute approximate surface area is 95.3 Å². The average Bonchev–Trinajstić information content (AvgIpc) is 2.13. The smallest absolute Gasteiger partial charge is 0.208 e. The monoisotopic (exact) mass is 244 g/mol. The molecule has 16 heavy (non-hydrogen) atoms. The van der Waals surface area contributed by atoms with E-state index in [1.807, 2.05) is 13.0 Å². The Balaban J connectivity index is 2.43. The van der Waals surface area contributed by atoms with E-state index in [0.29, 0.717) is 18.9 Å². The summed E-state index contributed by atoms with van der Waals surface area (Å²) in [6, 6.07) is 3.51. The third kappa shape index (κ3) is 4.45. The molecule has 90 valence electrons. The highest BCUT2D eigenvalue weighted by molar-refractivity contribution is 7.88. The van der Waals surface area contributed by atoms with Crippen molar-refractivity contribution in [3.8, 4) is 0 Å². The maximum atomic E-state index is 10.8. The molecule has 0 bridgehead atoms. The molecule has 0 saturated heterocycles. The van der Waals surface area contributed by atoms with Crippen LogP contribution in [-0.4, -0.2) is 32.7 Å². The first-order valence-electron chi connectivity index (χ1n) is 4.80. The number of aryl methyl sites for hydroxylation is 1. The van der Waals surface area contributed by atoms with Crippen LogP contribution in [0.5, 0.6) is 0 Å². The number of nitrogens with one attached hydrogen (secondary N) is 2. The fourth-order valence-electron chi connectivity index (χ4n) is 1.20. The van der Waals surface area contributed by atoms with E-state index in [4.69, 9.17) is 5.73 Å². The molecule has 0 aliphatic carbocycles. The molecular weight excluding hydrogens is 228 g/mol. The van der Waals surface area contributed by atoms with Crippen LogP contribution in [0.15, 0.2) is 12.1 Å². The molecule has 0 fully saturated rings. The highest BCUT2D eigenvalue weighted by atomic mass is 32.2. The number of hydrogen-bond acceptors (Lipinski definition) is 5. The van der Waals surface area contributed by atoms with Crippen LogP contribution >= 0.6 is 0 Å². The van der Waals surface area contributed by atoms with E-state index in [1.165, 1.54) is 0 Å². The van der Waals surface area contributed by atoms with Crippen LogP contribution in [0.4, 0.5) is 11.5 Å². The molecule has 0 unspecified atom stereocenters. The van der Waals surface area contributed by atoms with Crippen molar-refractivity contribution >= 4 is 21.5 Å². The van der Waals surface area contributed by atoms with Crippen molar-refractivity contribution in [3.63, 3.8) is 0 Å². The number of nitrogens with zero attached hydrogens (tertiary/aromatic N) is 1. The number of anilines is 2. The summed E-state index contributed by atoms with van der Waals surface area (Å²) in [6.07, 6.45) is 1.13. The van der Waals surface area contributed by atoms with Gasteiger partial charge in [0.2, 0.25) is 10.0 Å². The number of sulfonamides is 1. The van der Waals surface area contributed by atoms with Gasteiger partial charge in [0.1, 0.15) is 5.82 Å². The van der Waals surface area contributed by atoms with E-state index < -0.39 is 10.0 Å². The van der Waals surface area contributed by atoms with Gasteiger partial charge in [-0.2, -0.15) is 0 Å². The number of nitrogen functional groups attached to an aromatic ring is 1. The number of pyridine rings is 1. The molecule has 0 saturated carbocycles. The Morgan fingerprint density at radius 2 is 2.06 bits per heavy atom. The van der Waals surface area contributed by atoms with Crippen molar-refractivity contribution in [3.05, 3.63) is 17.8 Å². The molecule has 0 aliphatic rings. The summed E-state index contributed by atoms with van der Waals surface area (Å²) < 4.78 is 24.0. The van der Waals surface area contributed by atoms with Crippen LogP contribution in [0.2, 0.25) is 0 Å². The van der Waals surface area contributed by atoms with E-state index >= 15 is 0 Å². The molecule has 0 radical (unpaired) electrons. The quantitative estimate of drug-likeness (QED) is 0.630. The molecular formula is C9H16N4O2S. The first-order chi connectivity index (χ1) is 7.38. The Morgan fingerprint density at radius 1 is 1.38 bits per heavy atom. The highest BCUT2D eigenvalue weighted by Crippen LogP contribution is 2.12. The molecule has 1 aromatic heterocycles. The highest BCUT2D eigenvalue weighted by Gasteiger charge is 2.01. The zero-order valence-corrected chi connectivity index (χ0v) is 10.1. The summed E-state index contributed by atoms with van der Waals surface area (Å²) in [5, 5.41) is 3.07. The van der Waals surface area contributed by atoms with Crippen molar-refractivity contribution in [2.45, 2.75) is 6.92 Å². The SMILES string of the molecule is Cc1nc(N)ccc1NCCNS(C)(=O)=O. The van der Waals surface area contributed by atoms with Crippen molar-refractivity contribution in [1.82, 2.24) is 9.71 Å². The van der Waals surface area contributed by atoms with Gasteiger partial charge >= 0.3 is 0 Å². The molecule has 0 amide bonds. The van der Waals surface area contributed by atoms with Gasteiger partial charge in [0, 0.05) is 13.1 Å². The number of aromatic nitrogens is 1. The van der Waals surface area contributed by atoms with E-state index in [-0.39, 0.29) is 0 Å². The van der Waals surface area contributed by atoms with Crippen molar-refractivity contribution in [2.75, 3.05) is 30.4 Å². The lowest BCUT2D eigenvalue weighted by Gasteiger charge is -2.09. The number of hydrogen-bond donors (Lipinski definition) is 3. The predicted octanol–water partition coefficient (Wildman–Crippen LogP) is -0.0667. The Bertz CT molecular complexity index is 459. The minimum atomic E-state index is -3.12. The van der Waals surface area contributed by atoms with Crippen LogP contribution in [0, 0.1) is 6.92 Å². The van der Waals surface area contributed by atoms with Gasteiger partial charge in [0.05, 0.1) is 17.6 Å². The van der Waals surface area contributed by atoms with Gasteiger partial charge < -0.3 is 11.1 Å². The van der Waals surface area contributed by atoms with Crippen molar-refractivity contribution in [1.29, 1.82) is 0 Å². The van der Waals surface area contributed by atoms with Crippen LogP contribution in [0.3, 0.4) is 0 Å². The molecule has 4 N–H and O–H groups in total. The third-order valence-electron chi connectivity index (χ3n) is 1.91. The second kappa shape index (κ2) is 5.13. The molecule has 7 heteroatoms. The van der Waals surface area contributed by atoms with Crippen LogP contribution < -0.4 is 15.8 Å². The minimum absolute atomic E-state index is 0.336. The fourth-order valence-corrected chi connectivity index (χ4v) is 1.67. The standard InChI is InChI=1S/C9H16N4O2S/c1-7-8(3-4-9(10)13-7)11-5-6-12-16(2,14)15/h3-4,11-12H,5-6H2,1-2H3,(H2,10,13). The topological polar surface area (TPSA) is 97.1 Å². The van der Waals surface area contributed by atoms with E-state index in [0.717, 1.165) is 17.6 Å². The predicted molar refractivity (Wildman–Crippen MR) is 64.7 cm³/mol. The lowest BCUT2D eigenvalue weighted by molar-refractivity contribution is 0.589. The second-order valence-corrected chi connectivity index (χ2v) is 5.30. The lowest BCUT2D eigenvalue weighted by Crippen LogP contribution is -2.27. The van der Waals surface area contributed by atoms with Crippen LogP contribution in [0.1, 0.15) is 5.69 Å². The van der Waals surface area contributed by atoms with Gasteiger partial charge in [-0.3, -0.25) is 0 Å². The van der Waals surface area contributed by atoms with E-state index in [2.05, 4.69) is 15.0 Å². The summed E-state index contributed by atoms with van der Waals surface area (Å²) >= 11 is 0. The number of nitrogens with two attached hydrogens (primary N) is 1. The summed E-state index contributed by atoms with van der Waals surface area (Å²) in [5.41, 5.74) is 7.15. The van der Waals surface area contributed by atoms with Gasteiger partial charge in [-0.05, 0) is 19.1 Å². The Morgan fingerprint density at radius 3 is 2.62 bits per heavy atom. The lowest BCUT2D eigenvalue weighted by atomic mass is 10.3. The third-order valence-corrected chi connectivity index (χ3v) is 2.64. The minimum Gasteiger partial charge on any atom is -0.384 e. The second-order valence-electron chi connectivity index (χ2n) is 3.46. The van der Waals surface area contributed by atoms with E-state index in [1.54, 1.807) is 6.07 Å². The maximum Gasteiger partial charge on any atom is 0.208 e. The largest absolute Gasteiger partial charge is 0.384 e. The van der Waals surface area contributed by atoms with Crippen molar-refractivity contribution < 1.29 is 8.42 Å². The fraction of sp³-hybridized carbons (Fsp3) is 0.444. The zero-order valence-electron chi connectivity index (χ0n) is 9.32. The Hall–Kier alpha value is -1.34. The van der Waals surface area contributed by atoms with Gasteiger partial charge in [-0.25, -0.2) is 18.1 Å². The zero-order chi connectivity index (χ0) is 12.2. The van der Waals surface area contributed by atoms with Gasteiger partial charge in [-0.15, -0.1) is 0 Å².